The molecule has 0 spiro atoms. The second-order valence-corrected chi connectivity index (χ2v) is 5.66. The normalized spacial score (nSPS) is 10.1. The molecule has 0 saturated heterocycles. The number of hydrogen-bond acceptors (Lipinski definition) is 6. The van der Waals surface area contributed by atoms with Gasteiger partial charge in [-0.25, -0.2) is 14.8 Å². The van der Waals surface area contributed by atoms with Crippen LogP contribution in [0.2, 0.25) is 0 Å². The highest BCUT2D eigenvalue weighted by Crippen LogP contribution is 2.29. The van der Waals surface area contributed by atoms with Crippen molar-refractivity contribution in [3.05, 3.63) is 59.4 Å². The molecule has 0 aliphatic heterocycles. The SMILES string of the molecule is CCOC(=O)c1cnc2nc(C)ccc2c1Nc1ccc(C(N)=O)cc1.Cl. The van der Waals surface area contributed by atoms with Gasteiger partial charge < -0.3 is 15.8 Å². The number of primary amides is 1. The number of fused-ring (bicyclic) bond motifs is 1. The lowest BCUT2D eigenvalue weighted by molar-refractivity contribution is 0.0527. The molecule has 0 atom stereocenters. The van der Waals surface area contributed by atoms with Crippen LogP contribution in [0.25, 0.3) is 11.0 Å². The van der Waals surface area contributed by atoms with E-state index in [1.807, 2.05) is 19.1 Å². The van der Waals surface area contributed by atoms with Crippen molar-refractivity contribution in [3.8, 4) is 0 Å². The van der Waals surface area contributed by atoms with E-state index in [1.165, 1.54) is 6.20 Å². The molecule has 1 aromatic carbocycles. The van der Waals surface area contributed by atoms with Gasteiger partial charge in [0.25, 0.3) is 0 Å². The minimum Gasteiger partial charge on any atom is -0.462 e. The van der Waals surface area contributed by atoms with Crippen LogP contribution >= 0.6 is 12.4 Å². The van der Waals surface area contributed by atoms with Gasteiger partial charge >= 0.3 is 5.97 Å². The second-order valence-electron chi connectivity index (χ2n) is 5.66. The zero-order chi connectivity index (χ0) is 18.7. The predicted molar refractivity (Wildman–Crippen MR) is 106 cm³/mol. The van der Waals surface area contributed by atoms with Crippen LogP contribution in [0.4, 0.5) is 11.4 Å². The average Bonchev–Trinajstić information content (AvgIpc) is 2.62. The largest absolute Gasteiger partial charge is 0.462 e. The predicted octanol–water partition coefficient (Wildman–Crippen LogP) is 3.38. The molecule has 2 aromatic heterocycles. The van der Waals surface area contributed by atoms with Gasteiger partial charge in [0.1, 0.15) is 5.56 Å². The number of ether oxygens (including phenoxy) is 1. The summed E-state index contributed by atoms with van der Waals surface area (Å²) >= 11 is 0. The molecule has 3 N–H and O–H groups in total. The van der Waals surface area contributed by atoms with Crippen LogP contribution in [0.1, 0.15) is 33.3 Å². The molecule has 0 unspecified atom stereocenters. The standard InChI is InChI=1S/C19H18N4O3.ClH/c1-3-26-19(25)15-10-21-18-14(9-4-11(2)22-18)16(15)23-13-7-5-12(6-8-13)17(20)24;/h4-10H,3H2,1-2H3,(H2,20,24)(H,21,22,23);1H. The third-order valence-corrected chi connectivity index (χ3v) is 3.80. The smallest absolute Gasteiger partial charge is 0.341 e. The molecule has 0 saturated carbocycles. The minimum absolute atomic E-state index is 0. The second kappa shape index (κ2) is 8.46. The molecule has 3 aromatic rings. The maximum Gasteiger partial charge on any atom is 0.341 e. The Bertz CT molecular complexity index is 990. The molecule has 7 nitrogen and oxygen atoms in total. The summed E-state index contributed by atoms with van der Waals surface area (Å²) in [5, 5.41) is 3.90. The van der Waals surface area contributed by atoms with Gasteiger partial charge in [0.15, 0.2) is 5.65 Å². The highest BCUT2D eigenvalue weighted by atomic mass is 35.5. The first kappa shape index (κ1) is 20.1. The Kier molecular flexibility index (Phi) is 6.31. The molecule has 0 bridgehead atoms. The van der Waals surface area contributed by atoms with E-state index in [0.29, 0.717) is 33.5 Å². The molecule has 0 radical (unpaired) electrons. The topological polar surface area (TPSA) is 107 Å². The number of rotatable bonds is 5. The van der Waals surface area contributed by atoms with Crippen molar-refractivity contribution in [3.63, 3.8) is 0 Å². The number of aryl methyl sites for hydroxylation is 1. The van der Waals surface area contributed by atoms with Crippen molar-refractivity contribution in [1.82, 2.24) is 9.97 Å². The van der Waals surface area contributed by atoms with Gasteiger partial charge in [-0.05, 0) is 50.2 Å². The summed E-state index contributed by atoms with van der Waals surface area (Å²) in [6.07, 6.45) is 1.45. The van der Waals surface area contributed by atoms with Crippen LogP contribution in [0, 0.1) is 6.92 Å². The zero-order valence-electron chi connectivity index (χ0n) is 14.9. The Labute approximate surface area is 162 Å². The van der Waals surface area contributed by atoms with E-state index in [-0.39, 0.29) is 19.0 Å². The summed E-state index contributed by atoms with van der Waals surface area (Å²) < 4.78 is 5.13. The molecule has 27 heavy (non-hydrogen) atoms. The van der Waals surface area contributed by atoms with Gasteiger partial charge in [0.05, 0.1) is 12.3 Å². The number of aromatic nitrogens is 2. The number of amides is 1. The minimum atomic E-state index is -0.502. The molecule has 1 amide bonds. The van der Waals surface area contributed by atoms with Crippen LogP contribution in [-0.2, 0) is 4.74 Å². The van der Waals surface area contributed by atoms with Crippen LogP contribution in [0.5, 0.6) is 0 Å². The van der Waals surface area contributed by atoms with Crippen molar-refractivity contribution >= 4 is 46.7 Å². The fourth-order valence-electron chi connectivity index (χ4n) is 2.53. The van der Waals surface area contributed by atoms with E-state index < -0.39 is 11.9 Å². The molecule has 2 heterocycles. The van der Waals surface area contributed by atoms with Crippen molar-refractivity contribution in [1.29, 1.82) is 0 Å². The third kappa shape index (κ3) is 4.32. The fraction of sp³-hybridized carbons (Fsp3) is 0.158. The van der Waals surface area contributed by atoms with E-state index in [9.17, 15) is 9.59 Å². The molecule has 140 valence electrons. The monoisotopic (exact) mass is 386 g/mol. The molecule has 0 fully saturated rings. The number of halogens is 1. The lowest BCUT2D eigenvalue weighted by atomic mass is 10.1. The lowest BCUT2D eigenvalue weighted by Crippen LogP contribution is -2.11. The van der Waals surface area contributed by atoms with Crippen molar-refractivity contribution < 1.29 is 14.3 Å². The van der Waals surface area contributed by atoms with E-state index >= 15 is 0 Å². The van der Waals surface area contributed by atoms with Crippen LogP contribution in [0.15, 0.2) is 42.6 Å². The van der Waals surface area contributed by atoms with Gasteiger partial charge in [0.2, 0.25) is 5.91 Å². The van der Waals surface area contributed by atoms with Gasteiger partial charge in [-0.2, -0.15) is 0 Å². The molecule has 0 aliphatic carbocycles. The van der Waals surface area contributed by atoms with Gasteiger partial charge in [-0.1, -0.05) is 0 Å². The number of nitrogens with zero attached hydrogens (tertiary/aromatic N) is 2. The Morgan fingerprint density at radius 1 is 1.15 bits per heavy atom. The highest BCUT2D eigenvalue weighted by molar-refractivity contribution is 6.05. The number of carbonyl (C=O) groups excluding carboxylic acids is 2. The summed E-state index contributed by atoms with van der Waals surface area (Å²) in [7, 11) is 0. The van der Waals surface area contributed by atoms with E-state index in [2.05, 4.69) is 15.3 Å². The number of esters is 1. The third-order valence-electron chi connectivity index (χ3n) is 3.80. The molecular formula is C19H19ClN4O3. The lowest BCUT2D eigenvalue weighted by Gasteiger charge is -2.14. The molecule has 3 rings (SSSR count). The number of anilines is 2. The van der Waals surface area contributed by atoms with E-state index in [4.69, 9.17) is 10.5 Å². The van der Waals surface area contributed by atoms with Crippen LogP contribution < -0.4 is 11.1 Å². The van der Waals surface area contributed by atoms with Gasteiger partial charge in [-0.15, -0.1) is 12.4 Å². The van der Waals surface area contributed by atoms with Crippen LogP contribution in [-0.4, -0.2) is 28.5 Å². The van der Waals surface area contributed by atoms with E-state index in [0.717, 1.165) is 5.69 Å². The summed E-state index contributed by atoms with van der Waals surface area (Å²) in [6.45, 7) is 3.87. The van der Waals surface area contributed by atoms with Crippen molar-refractivity contribution in [2.75, 3.05) is 11.9 Å². The Morgan fingerprint density at radius 3 is 2.48 bits per heavy atom. The first-order chi connectivity index (χ1) is 12.5. The Hall–Kier alpha value is -3.19. The van der Waals surface area contributed by atoms with Gasteiger partial charge in [-0.3, -0.25) is 4.79 Å². The first-order valence-electron chi connectivity index (χ1n) is 8.10. The van der Waals surface area contributed by atoms with Crippen molar-refractivity contribution in [2.45, 2.75) is 13.8 Å². The fourth-order valence-corrected chi connectivity index (χ4v) is 2.53. The summed E-state index contributed by atoms with van der Waals surface area (Å²) in [5.74, 6) is -0.975. The number of benzene rings is 1. The highest BCUT2D eigenvalue weighted by Gasteiger charge is 2.17. The van der Waals surface area contributed by atoms with Crippen molar-refractivity contribution in [2.24, 2.45) is 5.73 Å². The number of nitrogens with two attached hydrogens (primary N) is 1. The maximum absolute atomic E-state index is 12.3. The Morgan fingerprint density at radius 2 is 1.85 bits per heavy atom. The maximum atomic E-state index is 12.3. The van der Waals surface area contributed by atoms with E-state index in [1.54, 1.807) is 31.2 Å². The summed E-state index contributed by atoms with van der Waals surface area (Å²) in [4.78, 5) is 32.2. The zero-order valence-corrected chi connectivity index (χ0v) is 15.7. The first-order valence-corrected chi connectivity index (χ1v) is 8.10. The number of hydrogen-bond donors (Lipinski definition) is 2. The number of nitrogens with one attached hydrogen (secondary N) is 1. The molecule has 0 aliphatic rings. The quantitative estimate of drug-likeness (QED) is 0.651. The Balaban J connectivity index is 0.00000261. The number of pyridine rings is 2. The summed E-state index contributed by atoms with van der Waals surface area (Å²) in [5.41, 5.74) is 8.56. The number of carbonyl (C=O) groups is 2. The molecular weight excluding hydrogens is 368 g/mol. The molecule has 8 heteroatoms. The van der Waals surface area contributed by atoms with Gasteiger partial charge in [0, 0.05) is 28.5 Å². The van der Waals surface area contributed by atoms with Crippen LogP contribution in [0.3, 0.4) is 0 Å². The average molecular weight is 387 g/mol. The summed E-state index contributed by atoms with van der Waals surface area (Å²) in [6, 6.07) is 10.3.